The van der Waals surface area contributed by atoms with E-state index < -0.39 is 11.8 Å². The predicted molar refractivity (Wildman–Crippen MR) is 99.4 cm³/mol. The Morgan fingerprint density at radius 3 is 2.42 bits per heavy atom. The summed E-state index contributed by atoms with van der Waals surface area (Å²) >= 11 is 10.8. The third-order valence-corrected chi connectivity index (χ3v) is 3.55. The molecule has 1 aromatic carbocycles. The molecular formula is C16H15ClN4O4S. The van der Waals surface area contributed by atoms with Crippen molar-refractivity contribution in [3.8, 4) is 0 Å². The van der Waals surface area contributed by atoms with Gasteiger partial charge in [0.25, 0.3) is 5.91 Å². The lowest BCUT2D eigenvalue weighted by molar-refractivity contribution is -0.124. The van der Waals surface area contributed by atoms with E-state index in [4.69, 9.17) is 28.2 Å². The minimum atomic E-state index is -0.555. The Morgan fingerprint density at radius 2 is 1.73 bits per heavy atom. The normalized spacial score (nSPS) is 9.88. The molecule has 0 aliphatic rings. The van der Waals surface area contributed by atoms with Crippen LogP contribution in [0, 0.1) is 0 Å². The summed E-state index contributed by atoms with van der Waals surface area (Å²) in [6.45, 7) is 0. The average Bonchev–Trinajstić information content (AvgIpc) is 3.15. The molecule has 0 saturated heterocycles. The number of para-hydroxylation sites is 1. The first kappa shape index (κ1) is 19.4. The number of furan rings is 1. The van der Waals surface area contributed by atoms with Crippen LogP contribution in [0.1, 0.15) is 23.4 Å². The molecule has 1 heterocycles. The number of amides is 3. The van der Waals surface area contributed by atoms with E-state index in [9.17, 15) is 14.4 Å². The molecule has 0 spiro atoms. The van der Waals surface area contributed by atoms with Crippen molar-refractivity contribution in [2.45, 2.75) is 12.8 Å². The second kappa shape index (κ2) is 9.54. The number of carbonyl (C=O) groups is 3. The van der Waals surface area contributed by atoms with Crippen LogP contribution in [-0.4, -0.2) is 22.8 Å². The number of thiocarbonyl (C=S) groups is 1. The van der Waals surface area contributed by atoms with Crippen molar-refractivity contribution in [2.24, 2.45) is 0 Å². The molecule has 1 aromatic heterocycles. The van der Waals surface area contributed by atoms with Crippen molar-refractivity contribution < 1.29 is 18.8 Å². The fraction of sp³-hybridized carbons (Fsp3) is 0.125. The standard InChI is InChI=1S/C16H15ClN4O4S/c17-10-4-1-2-5-11(10)18-13(22)7-8-14(23)20-21-16(26)19-15(24)12-6-3-9-25-12/h1-6,9H,7-8H2,(H,18,22)(H,20,23)(H2,19,21,24,26). The van der Waals surface area contributed by atoms with Gasteiger partial charge in [0.05, 0.1) is 17.0 Å². The molecule has 3 amide bonds. The van der Waals surface area contributed by atoms with Gasteiger partial charge in [-0.1, -0.05) is 23.7 Å². The molecule has 0 aliphatic heterocycles. The van der Waals surface area contributed by atoms with Crippen LogP contribution in [-0.2, 0) is 9.59 Å². The maximum atomic E-state index is 11.8. The van der Waals surface area contributed by atoms with Gasteiger partial charge < -0.3 is 9.73 Å². The molecule has 0 aliphatic carbocycles. The second-order valence-electron chi connectivity index (χ2n) is 4.96. The first-order chi connectivity index (χ1) is 12.5. The summed E-state index contributed by atoms with van der Waals surface area (Å²) in [5.74, 6) is -1.31. The first-order valence-electron chi connectivity index (χ1n) is 7.44. The van der Waals surface area contributed by atoms with Gasteiger partial charge in [-0.15, -0.1) is 0 Å². The van der Waals surface area contributed by atoms with Gasteiger partial charge in [0.15, 0.2) is 10.9 Å². The largest absolute Gasteiger partial charge is 0.459 e. The van der Waals surface area contributed by atoms with Crippen LogP contribution >= 0.6 is 23.8 Å². The van der Waals surface area contributed by atoms with E-state index in [1.165, 1.54) is 12.3 Å². The molecule has 0 saturated carbocycles. The third kappa shape index (κ3) is 6.19. The van der Waals surface area contributed by atoms with Gasteiger partial charge in [0.1, 0.15) is 0 Å². The number of rotatable bonds is 5. The highest BCUT2D eigenvalue weighted by Crippen LogP contribution is 2.20. The Morgan fingerprint density at radius 1 is 1.00 bits per heavy atom. The number of hydrazine groups is 1. The lowest BCUT2D eigenvalue weighted by Crippen LogP contribution is -2.48. The summed E-state index contributed by atoms with van der Waals surface area (Å²) in [5.41, 5.74) is 5.12. The van der Waals surface area contributed by atoms with Gasteiger partial charge in [-0.3, -0.25) is 30.6 Å². The number of benzene rings is 1. The van der Waals surface area contributed by atoms with Crippen LogP contribution in [0.4, 0.5) is 5.69 Å². The zero-order valence-electron chi connectivity index (χ0n) is 13.4. The van der Waals surface area contributed by atoms with Crippen LogP contribution in [0.3, 0.4) is 0 Å². The van der Waals surface area contributed by atoms with Crippen molar-refractivity contribution >= 4 is 52.3 Å². The maximum absolute atomic E-state index is 11.8. The molecule has 0 atom stereocenters. The van der Waals surface area contributed by atoms with Crippen LogP contribution in [0.5, 0.6) is 0 Å². The lowest BCUT2D eigenvalue weighted by Gasteiger charge is -2.10. The van der Waals surface area contributed by atoms with Crippen molar-refractivity contribution in [1.82, 2.24) is 16.2 Å². The second-order valence-corrected chi connectivity index (χ2v) is 5.78. The van der Waals surface area contributed by atoms with E-state index in [1.807, 2.05) is 0 Å². The summed E-state index contributed by atoms with van der Waals surface area (Å²) in [4.78, 5) is 35.2. The molecule has 0 bridgehead atoms. The zero-order valence-corrected chi connectivity index (χ0v) is 14.9. The van der Waals surface area contributed by atoms with Gasteiger partial charge in [-0.25, -0.2) is 0 Å². The van der Waals surface area contributed by atoms with Crippen molar-refractivity contribution in [3.05, 3.63) is 53.4 Å². The summed E-state index contributed by atoms with van der Waals surface area (Å²) in [5, 5.41) is 5.22. The topological polar surface area (TPSA) is 112 Å². The molecule has 2 rings (SSSR count). The Kier molecular flexibility index (Phi) is 7.12. The molecule has 2 aromatic rings. The fourth-order valence-electron chi connectivity index (χ4n) is 1.80. The molecule has 8 nitrogen and oxygen atoms in total. The van der Waals surface area contributed by atoms with E-state index in [0.29, 0.717) is 10.7 Å². The fourth-order valence-corrected chi connectivity index (χ4v) is 2.12. The van der Waals surface area contributed by atoms with Crippen LogP contribution < -0.4 is 21.5 Å². The van der Waals surface area contributed by atoms with Crippen molar-refractivity contribution in [3.63, 3.8) is 0 Å². The quantitative estimate of drug-likeness (QED) is 0.455. The molecule has 0 fully saturated rings. The van der Waals surface area contributed by atoms with Crippen LogP contribution in [0.25, 0.3) is 0 Å². The lowest BCUT2D eigenvalue weighted by atomic mass is 10.2. The highest BCUT2D eigenvalue weighted by Gasteiger charge is 2.12. The van der Waals surface area contributed by atoms with Gasteiger partial charge in [0.2, 0.25) is 11.8 Å². The van der Waals surface area contributed by atoms with Gasteiger partial charge in [-0.2, -0.15) is 0 Å². The highest BCUT2D eigenvalue weighted by atomic mass is 35.5. The number of anilines is 1. The Bertz CT molecular complexity index is 810. The molecule has 136 valence electrons. The van der Waals surface area contributed by atoms with E-state index in [0.717, 1.165) is 0 Å². The third-order valence-electron chi connectivity index (χ3n) is 3.01. The van der Waals surface area contributed by atoms with Crippen LogP contribution in [0.2, 0.25) is 5.02 Å². The minimum absolute atomic E-state index is 0.0513. The predicted octanol–water partition coefficient (Wildman–Crippen LogP) is 1.99. The van der Waals surface area contributed by atoms with E-state index in [2.05, 4.69) is 21.5 Å². The highest BCUT2D eigenvalue weighted by molar-refractivity contribution is 7.80. The summed E-state index contributed by atoms with van der Waals surface area (Å²) in [6.07, 6.45) is 1.21. The Hall–Kier alpha value is -2.91. The van der Waals surface area contributed by atoms with E-state index >= 15 is 0 Å². The molecule has 0 unspecified atom stereocenters. The molecular weight excluding hydrogens is 380 g/mol. The number of carbonyl (C=O) groups excluding carboxylic acids is 3. The van der Waals surface area contributed by atoms with Crippen molar-refractivity contribution in [2.75, 3.05) is 5.32 Å². The monoisotopic (exact) mass is 394 g/mol. The molecule has 10 heteroatoms. The molecule has 26 heavy (non-hydrogen) atoms. The van der Waals surface area contributed by atoms with Gasteiger partial charge in [0, 0.05) is 12.8 Å². The van der Waals surface area contributed by atoms with Crippen molar-refractivity contribution in [1.29, 1.82) is 0 Å². The SMILES string of the molecule is O=C(CCC(=O)Nc1ccccc1Cl)NNC(=S)NC(=O)c1ccco1. The van der Waals surface area contributed by atoms with Gasteiger partial charge >= 0.3 is 0 Å². The number of hydrogen-bond acceptors (Lipinski definition) is 5. The average molecular weight is 395 g/mol. The minimum Gasteiger partial charge on any atom is -0.459 e. The molecule has 4 N–H and O–H groups in total. The summed E-state index contributed by atoms with van der Waals surface area (Å²) in [6, 6.07) is 9.80. The smallest absolute Gasteiger partial charge is 0.293 e. The van der Waals surface area contributed by atoms with E-state index in [1.54, 1.807) is 30.3 Å². The Balaban J connectivity index is 1.67. The first-order valence-corrected chi connectivity index (χ1v) is 8.22. The zero-order chi connectivity index (χ0) is 18.9. The number of hydrogen-bond donors (Lipinski definition) is 4. The maximum Gasteiger partial charge on any atom is 0.293 e. The number of halogens is 1. The Labute approximate surface area is 159 Å². The summed E-state index contributed by atoms with van der Waals surface area (Å²) in [7, 11) is 0. The van der Waals surface area contributed by atoms with Crippen LogP contribution in [0.15, 0.2) is 47.1 Å². The van der Waals surface area contributed by atoms with Gasteiger partial charge in [-0.05, 0) is 36.5 Å². The summed E-state index contributed by atoms with van der Waals surface area (Å²) < 4.78 is 4.90. The molecule has 0 radical (unpaired) electrons. The van der Waals surface area contributed by atoms with E-state index in [-0.39, 0.29) is 29.6 Å². The number of nitrogens with one attached hydrogen (secondary N) is 4.